The smallest absolute Gasteiger partial charge is 0.240 e. The van der Waals surface area contributed by atoms with Crippen molar-refractivity contribution in [3.8, 4) is 0 Å². The van der Waals surface area contributed by atoms with Gasteiger partial charge in [-0.05, 0) is 38.5 Å². The van der Waals surface area contributed by atoms with E-state index in [1.165, 1.54) is 0 Å². The lowest BCUT2D eigenvalue weighted by Gasteiger charge is -2.29. The Hall–Kier alpha value is -0.620. The lowest BCUT2D eigenvalue weighted by molar-refractivity contribution is -0.127. The van der Waals surface area contributed by atoms with Crippen LogP contribution < -0.4 is 11.1 Å². The van der Waals surface area contributed by atoms with E-state index in [1.807, 2.05) is 0 Å². The Morgan fingerprint density at radius 2 is 2.00 bits per heavy atom. The highest BCUT2D eigenvalue weighted by Crippen LogP contribution is 2.38. The molecule has 2 fully saturated rings. The number of nitrogens with one attached hydrogen (secondary N) is 1. The fraction of sp³-hybridized carbons (Fsp3) is 0.909. The van der Waals surface area contributed by atoms with Crippen molar-refractivity contribution in [3.05, 3.63) is 0 Å². The summed E-state index contributed by atoms with van der Waals surface area (Å²) >= 11 is 0. The van der Waals surface area contributed by atoms with Crippen LogP contribution in [0.2, 0.25) is 0 Å². The minimum Gasteiger partial charge on any atom is -0.351 e. The van der Waals surface area contributed by atoms with Gasteiger partial charge in [-0.15, -0.1) is 0 Å². The van der Waals surface area contributed by atoms with Crippen LogP contribution in [0.15, 0.2) is 0 Å². The highest BCUT2D eigenvalue weighted by atomic mass is 32.2. The van der Waals surface area contributed by atoms with E-state index in [0.29, 0.717) is 6.42 Å². The molecule has 17 heavy (non-hydrogen) atoms. The normalized spacial score (nSPS) is 31.5. The van der Waals surface area contributed by atoms with Gasteiger partial charge in [0.05, 0.1) is 17.0 Å². The van der Waals surface area contributed by atoms with Gasteiger partial charge in [0.25, 0.3) is 0 Å². The molecule has 0 aromatic carbocycles. The van der Waals surface area contributed by atoms with Crippen molar-refractivity contribution in [2.24, 2.45) is 11.7 Å². The van der Waals surface area contributed by atoms with Gasteiger partial charge >= 0.3 is 0 Å². The summed E-state index contributed by atoms with van der Waals surface area (Å²) in [6.07, 6.45) is 3.33. The number of hydrogen-bond acceptors (Lipinski definition) is 4. The first-order chi connectivity index (χ1) is 7.81. The molecule has 6 heteroatoms. The van der Waals surface area contributed by atoms with Gasteiger partial charge in [-0.2, -0.15) is 0 Å². The van der Waals surface area contributed by atoms with Gasteiger partial charge in [0, 0.05) is 6.04 Å². The monoisotopic (exact) mass is 260 g/mol. The number of sulfone groups is 1. The lowest BCUT2D eigenvalue weighted by Crippen LogP contribution is -2.57. The van der Waals surface area contributed by atoms with Crippen molar-refractivity contribution in [2.45, 2.75) is 44.2 Å². The van der Waals surface area contributed by atoms with Gasteiger partial charge < -0.3 is 11.1 Å². The maximum absolute atomic E-state index is 12.0. The van der Waals surface area contributed by atoms with Crippen LogP contribution in [0.3, 0.4) is 0 Å². The molecule has 1 saturated carbocycles. The molecular formula is C11H20N2O3S. The summed E-state index contributed by atoms with van der Waals surface area (Å²) < 4.78 is 22.9. The fourth-order valence-corrected chi connectivity index (χ4v) is 3.98. The maximum Gasteiger partial charge on any atom is 0.240 e. The Labute approximate surface area is 102 Å². The topological polar surface area (TPSA) is 89.3 Å². The zero-order valence-corrected chi connectivity index (χ0v) is 10.9. The molecule has 2 aliphatic rings. The van der Waals surface area contributed by atoms with Crippen LogP contribution in [-0.2, 0) is 14.6 Å². The summed E-state index contributed by atoms with van der Waals surface area (Å²) in [5.74, 6) is 0.339. The van der Waals surface area contributed by atoms with Crippen LogP contribution in [0.4, 0.5) is 0 Å². The molecule has 0 bridgehead atoms. The van der Waals surface area contributed by atoms with E-state index >= 15 is 0 Å². The number of carbonyl (C=O) groups is 1. The van der Waals surface area contributed by atoms with Gasteiger partial charge in [0.2, 0.25) is 5.91 Å². The van der Waals surface area contributed by atoms with Crippen LogP contribution in [-0.4, -0.2) is 37.4 Å². The summed E-state index contributed by atoms with van der Waals surface area (Å²) in [7, 11) is -2.98. The first-order valence-electron chi connectivity index (χ1n) is 6.11. The fourth-order valence-electron chi connectivity index (χ4n) is 2.35. The minimum absolute atomic E-state index is 0.0550. The van der Waals surface area contributed by atoms with E-state index in [0.717, 1.165) is 19.3 Å². The third-order valence-electron chi connectivity index (χ3n) is 3.71. The molecule has 3 N–H and O–H groups in total. The number of hydrogen-bond donors (Lipinski definition) is 2. The van der Waals surface area contributed by atoms with E-state index in [-0.39, 0.29) is 29.4 Å². The molecule has 1 amide bonds. The molecule has 5 nitrogen and oxygen atoms in total. The highest BCUT2D eigenvalue weighted by molar-refractivity contribution is 7.91. The van der Waals surface area contributed by atoms with Crippen molar-refractivity contribution in [2.75, 3.05) is 11.5 Å². The molecule has 1 heterocycles. The second-order valence-corrected chi connectivity index (χ2v) is 7.71. The molecule has 1 aliphatic carbocycles. The highest BCUT2D eigenvalue weighted by Gasteiger charge is 2.44. The number of amides is 1. The van der Waals surface area contributed by atoms with Gasteiger partial charge in [-0.1, -0.05) is 0 Å². The Kier molecular flexibility index (Phi) is 3.20. The van der Waals surface area contributed by atoms with Crippen LogP contribution in [0, 0.1) is 5.92 Å². The van der Waals surface area contributed by atoms with Gasteiger partial charge in [0.1, 0.15) is 0 Å². The zero-order valence-electron chi connectivity index (χ0n) is 10.1. The maximum atomic E-state index is 12.0. The molecule has 2 atom stereocenters. The molecule has 1 aliphatic heterocycles. The molecule has 0 radical (unpaired) electrons. The van der Waals surface area contributed by atoms with Crippen molar-refractivity contribution in [1.29, 1.82) is 0 Å². The van der Waals surface area contributed by atoms with E-state index < -0.39 is 15.4 Å². The first kappa shape index (κ1) is 12.8. The summed E-state index contributed by atoms with van der Waals surface area (Å²) in [4.78, 5) is 12.0. The molecule has 2 rings (SSSR count). The quantitative estimate of drug-likeness (QED) is 0.736. The van der Waals surface area contributed by atoms with Gasteiger partial charge in [-0.3, -0.25) is 4.79 Å². The SMILES string of the molecule is CC(N)(C(=O)NC1CCCS(=O)(=O)C1)C1CC1. The molecule has 2 unspecified atom stereocenters. The standard InChI is InChI=1S/C11H20N2O3S/c1-11(12,8-4-5-8)10(14)13-9-3-2-6-17(15,16)7-9/h8-9H,2-7,12H2,1H3,(H,13,14). The first-order valence-corrected chi connectivity index (χ1v) is 7.94. The summed E-state index contributed by atoms with van der Waals surface area (Å²) in [5, 5.41) is 2.79. The predicted octanol–water partition coefficient (Wildman–Crippen LogP) is -0.193. The third-order valence-corrected chi connectivity index (χ3v) is 5.53. The van der Waals surface area contributed by atoms with Crippen molar-refractivity contribution in [3.63, 3.8) is 0 Å². The van der Waals surface area contributed by atoms with Crippen molar-refractivity contribution in [1.82, 2.24) is 5.32 Å². The summed E-state index contributed by atoms with van der Waals surface area (Å²) in [5.41, 5.74) is 5.14. The van der Waals surface area contributed by atoms with E-state index in [1.54, 1.807) is 6.92 Å². The zero-order chi connectivity index (χ0) is 12.7. The van der Waals surface area contributed by atoms with Crippen LogP contribution in [0.1, 0.15) is 32.6 Å². The molecule has 1 saturated heterocycles. The number of nitrogens with two attached hydrogens (primary N) is 1. The van der Waals surface area contributed by atoms with Gasteiger partial charge in [-0.25, -0.2) is 8.42 Å². The lowest BCUT2D eigenvalue weighted by atomic mass is 9.95. The Morgan fingerprint density at radius 3 is 2.53 bits per heavy atom. The van der Waals surface area contributed by atoms with Crippen molar-refractivity contribution >= 4 is 15.7 Å². The number of rotatable bonds is 3. The molecular weight excluding hydrogens is 240 g/mol. The Bertz CT molecular complexity index is 412. The average molecular weight is 260 g/mol. The Balaban J connectivity index is 1.94. The van der Waals surface area contributed by atoms with Crippen LogP contribution in [0.5, 0.6) is 0 Å². The van der Waals surface area contributed by atoms with Crippen LogP contribution in [0.25, 0.3) is 0 Å². The molecule has 0 aromatic heterocycles. The van der Waals surface area contributed by atoms with E-state index in [9.17, 15) is 13.2 Å². The molecule has 0 spiro atoms. The van der Waals surface area contributed by atoms with E-state index in [2.05, 4.69) is 5.32 Å². The number of carbonyl (C=O) groups excluding carboxylic acids is 1. The summed E-state index contributed by atoms with van der Waals surface area (Å²) in [6.45, 7) is 1.73. The summed E-state index contributed by atoms with van der Waals surface area (Å²) in [6, 6.07) is -0.261. The van der Waals surface area contributed by atoms with Crippen molar-refractivity contribution < 1.29 is 13.2 Å². The third kappa shape index (κ3) is 2.98. The predicted molar refractivity (Wildman–Crippen MR) is 65.1 cm³/mol. The second-order valence-electron chi connectivity index (χ2n) is 5.48. The van der Waals surface area contributed by atoms with Gasteiger partial charge in [0.15, 0.2) is 9.84 Å². The van der Waals surface area contributed by atoms with E-state index in [4.69, 9.17) is 5.73 Å². The Morgan fingerprint density at radius 1 is 1.35 bits per heavy atom. The average Bonchev–Trinajstić information content (AvgIpc) is 2.98. The second kappa shape index (κ2) is 4.24. The minimum atomic E-state index is -2.98. The molecule has 98 valence electrons. The molecule has 0 aromatic rings. The largest absolute Gasteiger partial charge is 0.351 e. The van der Waals surface area contributed by atoms with Crippen LogP contribution >= 0.6 is 0 Å².